The van der Waals surface area contributed by atoms with Gasteiger partial charge < -0.3 is 21.3 Å². The number of fused-ring (bicyclic) bond motifs is 1. The van der Waals surface area contributed by atoms with Crippen molar-refractivity contribution in [3.63, 3.8) is 0 Å². The second kappa shape index (κ2) is 9.95. The van der Waals surface area contributed by atoms with Crippen LogP contribution in [0.25, 0.3) is 16.6 Å². The van der Waals surface area contributed by atoms with Crippen LogP contribution in [0, 0.1) is 6.92 Å². The van der Waals surface area contributed by atoms with Gasteiger partial charge in [-0.3, -0.25) is 14.8 Å². The van der Waals surface area contributed by atoms with Crippen molar-refractivity contribution in [2.75, 3.05) is 47.4 Å². The van der Waals surface area contributed by atoms with Crippen molar-refractivity contribution < 1.29 is 4.79 Å². The maximum atomic E-state index is 13.0. The van der Waals surface area contributed by atoms with Crippen LogP contribution in [-0.2, 0) is 0 Å². The quantitative estimate of drug-likeness (QED) is 0.282. The smallest absolute Gasteiger partial charge is 0.256 e. The fraction of sp³-hybridized carbons (Fsp3) is 0.333. The molecule has 3 aromatic heterocycles. The Morgan fingerprint density at radius 2 is 1.90 bits per heavy atom. The highest BCUT2D eigenvalue weighted by molar-refractivity contribution is 6.05. The summed E-state index contributed by atoms with van der Waals surface area (Å²) in [6.45, 7) is 11.4. The topological polar surface area (TPSA) is 154 Å². The molecule has 1 aliphatic carbocycles. The van der Waals surface area contributed by atoms with Gasteiger partial charge in [0.25, 0.3) is 5.91 Å². The highest BCUT2D eigenvalue weighted by Gasteiger charge is 2.32. The molecule has 1 aliphatic heterocycles. The second-order valence-electron chi connectivity index (χ2n) is 10.1. The number of piperazine rings is 1. The molecule has 1 amide bonds. The van der Waals surface area contributed by atoms with Crippen LogP contribution in [0.3, 0.4) is 0 Å². The fourth-order valence-electron chi connectivity index (χ4n) is 4.74. The molecule has 12 nitrogen and oxygen atoms in total. The maximum Gasteiger partial charge on any atom is 0.256 e. The number of carbonyl (C=O) groups is 1. The van der Waals surface area contributed by atoms with Gasteiger partial charge in [0.15, 0.2) is 17.5 Å². The summed E-state index contributed by atoms with van der Waals surface area (Å²) in [4.78, 5) is 35.8. The molecule has 12 heteroatoms. The van der Waals surface area contributed by atoms with Crippen molar-refractivity contribution in [3.8, 4) is 0 Å². The van der Waals surface area contributed by atoms with E-state index in [1.807, 2.05) is 19.9 Å². The number of nitrogens with two attached hydrogens (primary N) is 1. The zero-order chi connectivity index (χ0) is 27.1. The fourth-order valence-corrected chi connectivity index (χ4v) is 4.74. The molecule has 0 spiro atoms. The van der Waals surface area contributed by atoms with Crippen LogP contribution in [0.5, 0.6) is 0 Å². The van der Waals surface area contributed by atoms with E-state index in [9.17, 15) is 4.79 Å². The van der Waals surface area contributed by atoms with Crippen LogP contribution in [-0.4, -0.2) is 73.2 Å². The third-order valence-corrected chi connectivity index (χ3v) is 7.19. The number of hydrogen-bond acceptors (Lipinski definition) is 10. The molecule has 0 atom stereocenters. The van der Waals surface area contributed by atoms with Crippen molar-refractivity contribution >= 4 is 51.6 Å². The van der Waals surface area contributed by atoms with E-state index in [0.29, 0.717) is 45.7 Å². The van der Waals surface area contributed by atoms with Gasteiger partial charge in [0, 0.05) is 49.5 Å². The number of aromatic amines is 1. The number of nitrogens with one attached hydrogen (secondary N) is 3. The van der Waals surface area contributed by atoms with Gasteiger partial charge in [-0.15, -0.1) is 0 Å². The standard InChI is InChI=1S/C27H31N11O/c1-15(2)19-13-21(36-35-19)32-26(39)17-5-4-16(3)20(12-17)31-25-23-22(29-14-30-25)24(28)34-27(33-23)38-10-8-37(9-11-38)18-6-7-18/h4-5,12-14,18H,1,6-11H2,2-3H3,(H2,28,33,34)(H,29,30,31)(H2,32,35,36,39). The first-order chi connectivity index (χ1) is 18.9. The van der Waals surface area contributed by atoms with Gasteiger partial charge in [0.2, 0.25) is 5.95 Å². The number of aromatic nitrogens is 6. The molecule has 39 heavy (non-hydrogen) atoms. The minimum absolute atomic E-state index is 0.287. The molecule has 0 unspecified atom stereocenters. The SMILES string of the molecule is C=C(C)c1cc(NC(=O)c2ccc(C)c(Nc3ncnc4c(N)nc(N5CCN(C6CC6)CC5)nc34)c2)n[nH]1. The van der Waals surface area contributed by atoms with E-state index in [2.05, 4.69) is 52.2 Å². The summed E-state index contributed by atoms with van der Waals surface area (Å²) < 4.78 is 0. The predicted octanol–water partition coefficient (Wildman–Crippen LogP) is 3.35. The zero-order valence-electron chi connectivity index (χ0n) is 22.0. The number of hydrogen-bond donors (Lipinski definition) is 4. The van der Waals surface area contributed by atoms with Gasteiger partial charge in [-0.1, -0.05) is 12.6 Å². The van der Waals surface area contributed by atoms with Crippen LogP contribution in [0.2, 0.25) is 0 Å². The molecule has 5 N–H and O–H groups in total. The summed E-state index contributed by atoms with van der Waals surface area (Å²) in [5.74, 6) is 1.51. The minimum atomic E-state index is -0.287. The Hall–Kier alpha value is -4.58. The summed E-state index contributed by atoms with van der Waals surface area (Å²) in [6.07, 6.45) is 4.03. The molecular formula is C27H31N11O. The molecule has 4 aromatic rings. The molecule has 1 aromatic carbocycles. The number of allylic oxidation sites excluding steroid dienone is 1. The van der Waals surface area contributed by atoms with E-state index >= 15 is 0 Å². The van der Waals surface area contributed by atoms with Crippen molar-refractivity contribution in [2.24, 2.45) is 0 Å². The molecule has 4 heterocycles. The number of nitrogens with zero attached hydrogens (tertiary/aromatic N) is 7. The Bertz CT molecular complexity index is 1570. The Kier molecular flexibility index (Phi) is 6.31. The largest absolute Gasteiger partial charge is 0.382 e. The number of H-pyrrole nitrogens is 1. The zero-order valence-corrected chi connectivity index (χ0v) is 22.0. The van der Waals surface area contributed by atoms with Crippen LogP contribution in [0.4, 0.5) is 29.1 Å². The van der Waals surface area contributed by atoms with Crippen molar-refractivity contribution in [1.29, 1.82) is 0 Å². The molecule has 200 valence electrons. The third-order valence-electron chi connectivity index (χ3n) is 7.19. The van der Waals surface area contributed by atoms with Gasteiger partial charge in [-0.25, -0.2) is 15.0 Å². The number of nitrogen functional groups attached to an aromatic ring is 1. The normalized spacial score (nSPS) is 15.9. The van der Waals surface area contributed by atoms with E-state index in [-0.39, 0.29) is 5.91 Å². The Morgan fingerprint density at radius 3 is 2.62 bits per heavy atom. The van der Waals surface area contributed by atoms with Crippen LogP contribution in [0.1, 0.15) is 41.4 Å². The van der Waals surface area contributed by atoms with E-state index in [1.54, 1.807) is 18.2 Å². The summed E-state index contributed by atoms with van der Waals surface area (Å²) in [5.41, 5.74) is 11.0. The van der Waals surface area contributed by atoms with Crippen molar-refractivity contribution in [1.82, 2.24) is 35.0 Å². The number of aryl methyl sites for hydroxylation is 1. The van der Waals surface area contributed by atoms with E-state index in [4.69, 9.17) is 10.7 Å². The Labute approximate surface area is 225 Å². The van der Waals surface area contributed by atoms with Crippen molar-refractivity contribution in [2.45, 2.75) is 32.7 Å². The van der Waals surface area contributed by atoms with Gasteiger partial charge in [-0.05, 0) is 50.0 Å². The number of carbonyl (C=O) groups excluding carboxylic acids is 1. The number of anilines is 5. The molecule has 1 saturated carbocycles. The molecule has 0 radical (unpaired) electrons. The van der Waals surface area contributed by atoms with E-state index in [0.717, 1.165) is 49.1 Å². The highest BCUT2D eigenvalue weighted by Crippen LogP contribution is 2.30. The second-order valence-corrected chi connectivity index (χ2v) is 10.1. The molecule has 2 fully saturated rings. The van der Waals surface area contributed by atoms with Gasteiger partial charge in [0.1, 0.15) is 17.4 Å². The monoisotopic (exact) mass is 525 g/mol. The van der Waals surface area contributed by atoms with E-state index in [1.165, 1.54) is 19.2 Å². The average molecular weight is 526 g/mol. The lowest BCUT2D eigenvalue weighted by atomic mass is 10.1. The van der Waals surface area contributed by atoms with Gasteiger partial charge in [0.05, 0.1) is 5.69 Å². The Balaban J connectivity index is 1.25. The first-order valence-corrected chi connectivity index (χ1v) is 13.0. The predicted molar refractivity (Wildman–Crippen MR) is 152 cm³/mol. The lowest BCUT2D eigenvalue weighted by Gasteiger charge is -2.34. The first-order valence-electron chi connectivity index (χ1n) is 13.0. The van der Waals surface area contributed by atoms with Gasteiger partial charge >= 0.3 is 0 Å². The lowest BCUT2D eigenvalue weighted by Crippen LogP contribution is -2.47. The van der Waals surface area contributed by atoms with E-state index < -0.39 is 0 Å². The average Bonchev–Trinajstić information content (AvgIpc) is 3.68. The molecule has 2 aliphatic rings. The highest BCUT2D eigenvalue weighted by atomic mass is 16.1. The molecule has 6 rings (SSSR count). The number of rotatable bonds is 7. The molecule has 0 bridgehead atoms. The Morgan fingerprint density at radius 1 is 1.10 bits per heavy atom. The lowest BCUT2D eigenvalue weighted by molar-refractivity contribution is 0.102. The summed E-state index contributed by atoms with van der Waals surface area (Å²) in [7, 11) is 0. The number of benzene rings is 1. The minimum Gasteiger partial charge on any atom is -0.382 e. The summed E-state index contributed by atoms with van der Waals surface area (Å²) in [5, 5.41) is 13.1. The van der Waals surface area contributed by atoms with Gasteiger partial charge in [-0.2, -0.15) is 10.1 Å². The van der Waals surface area contributed by atoms with Crippen molar-refractivity contribution in [3.05, 3.63) is 54.0 Å². The summed E-state index contributed by atoms with van der Waals surface area (Å²) in [6, 6.07) is 7.90. The molecule has 1 saturated heterocycles. The summed E-state index contributed by atoms with van der Waals surface area (Å²) >= 11 is 0. The number of amides is 1. The molecular weight excluding hydrogens is 494 g/mol. The first kappa shape index (κ1) is 24.7. The van der Waals surface area contributed by atoms with Crippen LogP contribution < -0.4 is 21.3 Å². The van der Waals surface area contributed by atoms with Crippen LogP contribution in [0.15, 0.2) is 37.2 Å². The van der Waals surface area contributed by atoms with Crippen LogP contribution >= 0.6 is 0 Å². The third kappa shape index (κ3) is 5.10. The maximum absolute atomic E-state index is 13.0.